The molecule has 1 saturated carbocycles. The number of anilines is 2. The number of nitrogen functional groups attached to an aromatic ring is 1. The highest BCUT2D eigenvalue weighted by molar-refractivity contribution is 5.93. The van der Waals surface area contributed by atoms with Crippen LogP contribution in [0.5, 0.6) is 0 Å². The van der Waals surface area contributed by atoms with E-state index in [-0.39, 0.29) is 0 Å². The van der Waals surface area contributed by atoms with E-state index in [4.69, 9.17) is 5.73 Å². The Morgan fingerprint density at radius 2 is 1.95 bits per heavy atom. The Morgan fingerprint density at radius 3 is 2.71 bits per heavy atom. The third-order valence-electron chi connectivity index (χ3n) is 4.73. The minimum Gasteiger partial charge on any atom is -0.399 e. The molecule has 1 aromatic heterocycles. The van der Waals surface area contributed by atoms with Crippen LogP contribution in [0.25, 0.3) is 10.9 Å². The van der Waals surface area contributed by atoms with Gasteiger partial charge in [0.2, 0.25) is 0 Å². The maximum absolute atomic E-state index is 5.94. The zero-order valence-electron chi connectivity index (χ0n) is 13.1. The van der Waals surface area contributed by atoms with E-state index in [0.29, 0.717) is 5.41 Å². The van der Waals surface area contributed by atoms with Crippen molar-refractivity contribution in [3.05, 3.63) is 30.0 Å². The maximum Gasteiger partial charge on any atom is 0.0727 e. The first-order valence-electron chi connectivity index (χ1n) is 7.97. The predicted octanol–water partition coefficient (Wildman–Crippen LogP) is 4.51. The molecule has 0 spiro atoms. The fraction of sp³-hybridized carbons (Fsp3) is 0.500. The Kier molecular flexibility index (Phi) is 3.75. The summed E-state index contributed by atoms with van der Waals surface area (Å²) in [6, 6.07) is 8.08. The SMILES string of the molecule is Cc1cc(NCC2(C)CCCCC2)c2cc(N)ccc2n1. The molecule has 1 aromatic carbocycles. The van der Waals surface area contributed by atoms with E-state index in [1.807, 2.05) is 25.1 Å². The normalized spacial score (nSPS) is 17.8. The van der Waals surface area contributed by atoms with Gasteiger partial charge >= 0.3 is 0 Å². The number of pyridine rings is 1. The minimum absolute atomic E-state index is 0.419. The van der Waals surface area contributed by atoms with Gasteiger partial charge in [0.05, 0.1) is 5.52 Å². The molecule has 0 atom stereocenters. The second-order valence-corrected chi connectivity index (χ2v) is 6.81. The lowest BCUT2D eigenvalue weighted by Crippen LogP contribution is -2.29. The van der Waals surface area contributed by atoms with Gasteiger partial charge in [-0.15, -0.1) is 0 Å². The van der Waals surface area contributed by atoms with E-state index in [1.54, 1.807) is 0 Å². The predicted molar refractivity (Wildman–Crippen MR) is 90.6 cm³/mol. The molecule has 0 unspecified atom stereocenters. The second kappa shape index (κ2) is 5.55. The monoisotopic (exact) mass is 283 g/mol. The average molecular weight is 283 g/mol. The number of rotatable bonds is 3. The molecule has 2 aromatic rings. The highest BCUT2D eigenvalue weighted by Gasteiger charge is 2.26. The molecule has 0 saturated heterocycles. The lowest BCUT2D eigenvalue weighted by atomic mass is 9.75. The number of aromatic nitrogens is 1. The van der Waals surface area contributed by atoms with Crippen LogP contribution in [-0.4, -0.2) is 11.5 Å². The summed E-state index contributed by atoms with van der Waals surface area (Å²) < 4.78 is 0. The number of nitrogens with zero attached hydrogens (tertiary/aromatic N) is 1. The quantitative estimate of drug-likeness (QED) is 0.815. The molecule has 3 N–H and O–H groups in total. The Labute approximate surface area is 127 Å². The topological polar surface area (TPSA) is 50.9 Å². The molecule has 3 heteroatoms. The largest absolute Gasteiger partial charge is 0.399 e. The molecule has 1 aliphatic carbocycles. The summed E-state index contributed by atoms with van der Waals surface area (Å²) in [7, 11) is 0. The number of hydrogen-bond donors (Lipinski definition) is 2. The zero-order chi connectivity index (χ0) is 14.9. The van der Waals surface area contributed by atoms with Crippen LogP contribution in [0.2, 0.25) is 0 Å². The summed E-state index contributed by atoms with van der Waals surface area (Å²) in [6.45, 7) is 5.48. The molecule has 1 heterocycles. The van der Waals surface area contributed by atoms with Crippen LogP contribution >= 0.6 is 0 Å². The van der Waals surface area contributed by atoms with E-state index in [9.17, 15) is 0 Å². The van der Waals surface area contributed by atoms with Crippen molar-refractivity contribution in [2.45, 2.75) is 46.0 Å². The molecule has 0 amide bonds. The standard InChI is InChI=1S/C18H25N3/c1-13-10-17(15-11-14(19)6-7-16(15)21-13)20-12-18(2)8-4-3-5-9-18/h6-7,10-11H,3-5,8-9,12,19H2,1-2H3,(H,20,21). The van der Waals surface area contributed by atoms with Crippen molar-refractivity contribution in [3.8, 4) is 0 Å². The van der Waals surface area contributed by atoms with E-state index < -0.39 is 0 Å². The summed E-state index contributed by atoms with van der Waals surface area (Å²) in [5.74, 6) is 0. The first kappa shape index (κ1) is 14.2. The van der Waals surface area contributed by atoms with Crippen LogP contribution in [0, 0.1) is 12.3 Å². The smallest absolute Gasteiger partial charge is 0.0727 e. The third-order valence-corrected chi connectivity index (χ3v) is 4.73. The van der Waals surface area contributed by atoms with Crippen LogP contribution in [-0.2, 0) is 0 Å². The van der Waals surface area contributed by atoms with Crippen molar-refractivity contribution in [3.63, 3.8) is 0 Å². The summed E-state index contributed by atoms with van der Waals surface area (Å²) >= 11 is 0. The fourth-order valence-electron chi connectivity index (χ4n) is 3.41. The maximum atomic E-state index is 5.94. The summed E-state index contributed by atoms with van der Waals surface area (Å²) in [4.78, 5) is 4.59. The van der Waals surface area contributed by atoms with E-state index in [1.165, 1.54) is 32.1 Å². The molecule has 0 bridgehead atoms. The van der Waals surface area contributed by atoms with Crippen molar-refractivity contribution in [1.29, 1.82) is 0 Å². The first-order valence-corrected chi connectivity index (χ1v) is 7.97. The van der Waals surface area contributed by atoms with Crippen molar-refractivity contribution in [2.24, 2.45) is 5.41 Å². The second-order valence-electron chi connectivity index (χ2n) is 6.81. The van der Waals surface area contributed by atoms with Gasteiger partial charge in [0.25, 0.3) is 0 Å². The molecular weight excluding hydrogens is 258 g/mol. The van der Waals surface area contributed by atoms with Crippen LogP contribution in [0.15, 0.2) is 24.3 Å². The van der Waals surface area contributed by atoms with Crippen molar-refractivity contribution < 1.29 is 0 Å². The van der Waals surface area contributed by atoms with Crippen molar-refractivity contribution in [2.75, 3.05) is 17.6 Å². The van der Waals surface area contributed by atoms with Gasteiger partial charge in [-0.2, -0.15) is 0 Å². The van der Waals surface area contributed by atoms with Gasteiger partial charge in [0, 0.05) is 29.0 Å². The zero-order valence-corrected chi connectivity index (χ0v) is 13.1. The van der Waals surface area contributed by atoms with Crippen molar-refractivity contribution >= 4 is 22.3 Å². The Morgan fingerprint density at radius 1 is 1.19 bits per heavy atom. The minimum atomic E-state index is 0.419. The van der Waals surface area contributed by atoms with Gasteiger partial charge in [-0.25, -0.2) is 0 Å². The average Bonchev–Trinajstić information content (AvgIpc) is 2.46. The van der Waals surface area contributed by atoms with E-state index >= 15 is 0 Å². The summed E-state index contributed by atoms with van der Waals surface area (Å²) in [5.41, 5.74) is 10.4. The molecular formula is C18H25N3. The lowest BCUT2D eigenvalue weighted by Gasteiger charge is -2.34. The molecule has 1 aliphatic rings. The highest BCUT2D eigenvalue weighted by Crippen LogP contribution is 2.36. The van der Waals surface area contributed by atoms with Gasteiger partial charge in [0.1, 0.15) is 0 Å². The first-order chi connectivity index (χ1) is 10.1. The number of fused-ring (bicyclic) bond motifs is 1. The highest BCUT2D eigenvalue weighted by atomic mass is 14.9. The Balaban J connectivity index is 1.87. The molecule has 112 valence electrons. The number of aryl methyl sites for hydroxylation is 1. The van der Waals surface area contributed by atoms with Crippen LogP contribution in [0.3, 0.4) is 0 Å². The fourth-order valence-corrected chi connectivity index (χ4v) is 3.41. The molecule has 0 aliphatic heterocycles. The van der Waals surface area contributed by atoms with Crippen LogP contribution in [0.4, 0.5) is 11.4 Å². The van der Waals surface area contributed by atoms with Gasteiger partial charge < -0.3 is 11.1 Å². The van der Waals surface area contributed by atoms with Gasteiger partial charge in [-0.3, -0.25) is 4.98 Å². The number of benzene rings is 1. The molecule has 1 fully saturated rings. The molecule has 21 heavy (non-hydrogen) atoms. The van der Waals surface area contributed by atoms with Crippen LogP contribution in [0.1, 0.15) is 44.7 Å². The number of hydrogen-bond acceptors (Lipinski definition) is 3. The van der Waals surface area contributed by atoms with Gasteiger partial charge in [-0.05, 0) is 49.4 Å². The van der Waals surface area contributed by atoms with Crippen LogP contribution < -0.4 is 11.1 Å². The number of nitrogens with two attached hydrogens (primary N) is 1. The molecule has 0 radical (unpaired) electrons. The Hall–Kier alpha value is -1.77. The van der Waals surface area contributed by atoms with Crippen molar-refractivity contribution in [1.82, 2.24) is 4.98 Å². The Bertz CT molecular complexity index is 642. The molecule has 3 rings (SSSR count). The summed E-state index contributed by atoms with van der Waals surface area (Å²) in [5, 5.41) is 4.80. The lowest BCUT2D eigenvalue weighted by molar-refractivity contribution is 0.233. The summed E-state index contributed by atoms with van der Waals surface area (Å²) in [6.07, 6.45) is 6.76. The number of nitrogens with one attached hydrogen (secondary N) is 1. The van der Waals surface area contributed by atoms with E-state index in [0.717, 1.165) is 34.5 Å². The third kappa shape index (κ3) is 3.12. The van der Waals surface area contributed by atoms with Gasteiger partial charge in [0.15, 0.2) is 0 Å². The van der Waals surface area contributed by atoms with E-state index in [2.05, 4.69) is 23.3 Å². The van der Waals surface area contributed by atoms with Gasteiger partial charge in [-0.1, -0.05) is 26.2 Å². The molecule has 3 nitrogen and oxygen atoms in total.